The van der Waals surface area contributed by atoms with E-state index in [1.807, 2.05) is 0 Å². The van der Waals surface area contributed by atoms with Crippen LogP contribution >= 0.6 is 11.8 Å². The third kappa shape index (κ3) is 2.91. The highest BCUT2D eigenvalue weighted by atomic mass is 32.2. The summed E-state index contributed by atoms with van der Waals surface area (Å²) in [6.07, 6.45) is 2.50. The second-order valence-electron chi connectivity index (χ2n) is 7.00. The maximum atomic E-state index is 2.50. The molecule has 0 N–H and O–H groups in total. The zero-order chi connectivity index (χ0) is 18.0. The van der Waals surface area contributed by atoms with Gasteiger partial charge in [0.05, 0.1) is 4.75 Å². The molecule has 0 amide bonds. The van der Waals surface area contributed by atoms with Crippen LogP contribution in [0, 0.1) is 5.92 Å². The molecule has 0 spiro atoms. The molecule has 3 aromatic carbocycles. The number of rotatable bonds is 3. The second kappa shape index (κ2) is 7.17. The van der Waals surface area contributed by atoms with E-state index >= 15 is 0 Å². The average Bonchev–Trinajstić information content (AvgIpc) is 2.71. The van der Waals surface area contributed by atoms with Gasteiger partial charge in [0.15, 0.2) is 0 Å². The minimum Gasteiger partial charge on any atom is -0.137 e. The van der Waals surface area contributed by atoms with Gasteiger partial charge in [-0.15, -0.1) is 11.8 Å². The van der Waals surface area contributed by atoms with Crippen molar-refractivity contribution in [2.75, 3.05) is 0 Å². The third-order valence-corrected chi connectivity index (χ3v) is 7.21. The number of benzene rings is 3. The van der Waals surface area contributed by atoms with Crippen molar-refractivity contribution in [3.63, 3.8) is 0 Å². The molecule has 1 aliphatic rings. The van der Waals surface area contributed by atoms with Crippen LogP contribution in [0.3, 0.4) is 0 Å². The fraction of sp³-hybridized carbons (Fsp3) is 0.200. The van der Waals surface area contributed by atoms with E-state index in [0.29, 0.717) is 11.2 Å². The Kier molecular flexibility index (Phi) is 4.74. The summed E-state index contributed by atoms with van der Waals surface area (Å²) in [5.74, 6) is 0.392. The fourth-order valence-electron chi connectivity index (χ4n) is 4.13. The topological polar surface area (TPSA) is 0 Å². The number of thioether (sulfide) groups is 1. The summed E-state index contributed by atoms with van der Waals surface area (Å²) in [4.78, 5) is 0. The van der Waals surface area contributed by atoms with E-state index in [2.05, 4.69) is 123 Å². The van der Waals surface area contributed by atoms with Crippen molar-refractivity contribution in [2.24, 2.45) is 5.92 Å². The number of allylic oxidation sites excluding steroid dienone is 1. The smallest absolute Gasteiger partial charge is 0.0723 e. The summed E-state index contributed by atoms with van der Waals surface area (Å²) in [5, 5.41) is 0.425. The van der Waals surface area contributed by atoms with Crippen molar-refractivity contribution in [1.82, 2.24) is 0 Å². The van der Waals surface area contributed by atoms with Gasteiger partial charge in [-0.3, -0.25) is 0 Å². The standard InChI is InChI=1S/C25H24S/c1-19-18-24(21-12-6-3-7-13-21)20(2)26-25(19,22-14-8-4-9-15-22)23-16-10-5-11-17-23/h3-20H,1-2H3. The molecule has 0 bridgehead atoms. The molecule has 3 aromatic rings. The molecule has 0 fully saturated rings. The highest BCUT2D eigenvalue weighted by molar-refractivity contribution is 8.01. The minimum absolute atomic E-state index is 0.0553. The van der Waals surface area contributed by atoms with Gasteiger partial charge in [-0.25, -0.2) is 0 Å². The molecule has 130 valence electrons. The Morgan fingerprint density at radius 2 is 1.12 bits per heavy atom. The van der Waals surface area contributed by atoms with Gasteiger partial charge < -0.3 is 0 Å². The van der Waals surface area contributed by atoms with Crippen LogP contribution < -0.4 is 0 Å². The molecule has 1 heterocycles. The van der Waals surface area contributed by atoms with Crippen LogP contribution in [0.25, 0.3) is 5.57 Å². The van der Waals surface area contributed by atoms with Crippen LogP contribution in [-0.2, 0) is 4.75 Å². The van der Waals surface area contributed by atoms with Gasteiger partial charge in [0.25, 0.3) is 0 Å². The van der Waals surface area contributed by atoms with Gasteiger partial charge in [-0.2, -0.15) is 0 Å². The van der Waals surface area contributed by atoms with Gasteiger partial charge in [-0.1, -0.05) is 104 Å². The SMILES string of the molecule is CC1SC(c2ccccc2)(c2ccccc2)C(C)C=C1c1ccccc1. The highest BCUT2D eigenvalue weighted by Crippen LogP contribution is 2.56. The van der Waals surface area contributed by atoms with Gasteiger partial charge in [0.1, 0.15) is 0 Å². The molecule has 2 unspecified atom stereocenters. The van der Waals surface area contributed by atoms with Crippen LogP contribution in [0.15, 0.2) is 97.1 Å². The molecule has 4 rings (SSSR count). The summed E-state index contributed by atoms with van der Waals surface area (Å²) < 4.78 is -0.0553. The molecular weight excluding hydrogens is 332 g/mol. The van der Waals surface area contributed by atoms with Crippen molar-refractivity contribution in [3.8, 4) is 0 Å². The first-order chi connectivity index (χ1) is 12.7. The molecule has 0 aromatic heterocycles. The van der Waals surface area contributed by atoms with Gasteiger partial charge in [0, 0.05) is 5.25 Å². The zero-order valence-corrected chi connectivity index (χ0v) is 16.1. The molecule has 2 atom stereocenters. The van der Waals surface area contributed by atoms with E-state index in [4.69, 9.17) is 0 Å². The molecule has 0 nitrogen and oxygen atoms in total. The molecule has 0 saturated carbocycles. The van der Waals surface area contributed by atoms with Crippen molar-refractivity contribution >= 4 is 17.3 Å². The van der Waals surface area contributed by atoms with E-state index in [-0.39, 0.29) is 4.75 Å². The largest absolute Gasteiger partial charge is 0.137 e. The van der Waals surface area contributed by atoms with E-state index in [1.54, 1.807) is 0 Å². The molecular formula is C25H24S. The summed E-state index contributed by atoms with van der Waals surface area (Å²) in [5.41, 5.74) is 5.57. The first-order valence-electron chi connectivity index (χ1n) is 9.28. The molecule has 0 aliphatic carbocycles. The monoisotopic (exact) mass is 356 g/mol. The van der Waals surface area contributed by atoms with Crippen LogP contribution in [0.4, 0.5) is 0 Å². The molecule has 1 heteroatoms. The van der Waals surface area contributed by atoms with Crippen LogP contribution in [-0.4, -0.2) is 5.25 Å². The Hall–Kier alpha value is -2.25. The van der Waals surface area contributed by atoms with E-state index in [9.17, 15) is 0 Å². The molecule has 1 aliphatic heterocycles. The lowest BCUT2D eigenvalue weighted by molar-refractivity contribution is 0.564. The Morgan fingerprint density at radius 1 is 0.654 bits per heavy atom. The van der Waals surface area contributed by atoms with E-state index in [0.717, 1.165) is 0 Å². The average molecular weight is 357 g/mol. The van der Waals surface area contributed by atoms with Gasteiger partial charge in [-0.05, 0) is 35.1 Å². The maximum Gasteiger partial charge on any atom is 0.0723 e. The third-order valence-electron chi connectivity index (χ3n) is 5.38. The Balaban J connectivity index is 1.88. The molecule has 0 saturated heterocycles. The lowest BCUT2D eigenvalue weighted by atomic mass is 9.78. The minimum atomic E-state index is -0.0553. The van der Waals surface area contributed by atoms with Crippen LogP contribution in [0.5, 0.6) is 0 Å². The zero-order valence-electron chi connectivity index (χ0n) is 15.3. The second-order valence-corrected chi connectivity index (χ2v) is 8.59. The van der Waals surface area contributed by atoms with Crippen molar-refractivity contribution in [2.45, 2.75) is 23.8 Å². The lowest BCUT2D eigenvalue weighted by Gasteiger charge is -2.45. The summed E-state index contributed by atoms with van der Waals surface area (Å²) in [6.45, 7) is 4.71. The maximum absolute atomic E-state index is 2.50. The van der Waals surface area contributed by atoms with Crippen molar-refractivity contribution < 1.29 is 0 Å². The Bertz CT molecular complexity index is 842. The van der Waals surface area contributed by atoms with Crippen LogP contribution in [0.2, 0.25) is 0 Å². The lowest BCUT2D eigenvalue weighted by Crippen LogP contribution is -2.36. The number of hydrogen-bond acceptors (Lipinski definition) is 1. The fourth-order valence-corrected chi connectivity index (χ4v) is 5.86. The summed E-state index contributed by atoms with van der Waals surface area (Å²) >= 11 is 2.08. The molecule has 0 radical (unpaired) electrons. The Morgan fingerprint density at radius 3 is 1.62 bits per heavy atom. The normalized spacial score (nSPS) is 21.8. The van der Waals surface area contributed by atoms with Crippen molar-refractivity contribution in [1.29, 1.82) is 0 Å². The quantitative estimate of drug-likeness (QED) is 0.498. The van der Waals surface area contributed by atoms with E-state index in [1.165, 1.54) is 22.3 Å². The van der Waals surface area contributed by atoms with Gasteiger partial charge >= 0.3 is 0 Å². The van der Waals surface area contributed by atoms with Crippen LogP contribution in [0.1, 0.15) is 30.5 Å². The predicted octanol–water partition coefficient (Wildman–Crippen LogP) is 6.79. The summed E-state index contributed by atoms with van der Waals surface area (Å²) in [7, 11) is 0. The summed E-state index contributed by atoms with van der Waals surface area (Å²) in [6, 6.07) is 32.8. The van der Waals surface area contributed by atoms with Gasteiger partial charge in [0.2, 0.25) is 0 Å². The first kappa shape index (κ1) is 17.2. The first-order valence-corrected chi connectivity index (χ1v) is 10.2. The Labute approximate surface area is 161 Å². The highest BCUT2D eigenvalue weighted by Gasteiger charge is 2.44. The molecule has 26 heavy (non-hydrogen) atoms. The van der Waals surface area contributed by atoms with E-state index < -0.39 is 0 Å². The predicted molar refractivity (Wildman–Crippen MR) is 114 cm³/mol. The number of hydrogen-bond donors (Lipinski definition) is 0. The van der Waals surface area contributed by atoms with Crippen molar-refractivity contribution in [3.05, 3.63) is 114 Å².